The second kappa shape index (κ2) is 4.49. The first-order valence-electron chi connectivity index (χ1n) is 5.54. The number of furan rings is 1. The second-order valence-electron chi connectivity index (χ2n) is 4.12. The van der Waals surface area contributed by atoms with Crippen molar-refractivity contribution in [2.75, 3.05) is 0 Å². The third-order valence-electron chi connectivity index (χ3n) is 2.87. The molecule has 0 unspecified atom stereocenters. The summed E-state index contributed by atoms with van der Waals surface area (Å²) >= 11 is 0. The van der Waals surface area contributed by atoms with Crippen LogP contribution in [0.15, 0.2) is 28.7 Å². The number of aromatic nitrogens is 1. The van der Waals surface area contributed by atoms with Gasteiger partial charge in [-0.25, -0.2) is 0 Å². The Bertz CT molecular complexity index is 537. The number of nitrogens with one attached hydrogen (secondary N) is 1. The van der Waals surface area contributed by atoms with Crippen molar-refractivity contribution in [1.82, 2.24) is 9.88 Å². The van der Waals surface area contributed by atoms with Gasteiger partial charge < -0.3 is 14.3 Å². The minimum atomic E-state index is -0.183. The van der Waals surface area contributed by atoms with Gasteiger partial charge in [-0.2, -0.15) is 0 Å². The quantitative estimate of drug-likeness (QED) is 0.881. The van der Waals surface area contributed by atoms with E-state index in [0.717, 1.165) is 11.5 Å². The zero-order chi connectivity index (χ0) is 12.4. The summed E-state index contributed by atoms with van der Waals surface area (Å²) < 4.78 is 7.30. The number of aryl methyl sites for hydroxylation is 2. The monoisotopic (exact) mass is 232 g/mol. The molecule has 0 aliphatic heterocycles. The Morgan fingerprint density at radius 2 is 2.06 bits per heavy atom. The third-order valence-corrected chi connectivity index (χ3v) is 2.87. The van der Waals surface area contributed by atoms with Gasteiger partial charge in [-0.15, -0.1) is 0 Å². The van der Waals surface area contributed by atoms with Crippen LogP contribution in [-0.4, -0.2) is 10.5 Å². The molecule has 2 aromatic heterocycles. The van der Waals surface area contributed by atoms with Gasteiger partial charge in [0, 0.05) is 18.4 Å². The topological polar surface area (TPSA) is 47.2 Å². The second-order valence-corrected chi connectivity index (χ2v) is 4.12. The molecule has 17 heavy (non-hydrogen) atoms. The van der Waals surface area contributed by atoms with Crippen LogP contribution in [0.3, 0.4) is 0 Å². The maximum atomic E-state index is 11.7. The molecule has 2 rings (SSSR count). The summed E-state index contributed by atoms with van der Waals surface area (Å²) in [5.74, 6) is 0.912. The maximum Gasteiger partial charge on any atom is 0.287 e. The Balaban J connectivity index is 1.99. The van der Waals surface area contributed by atoms with Crippen molar-refractivity contribution in [3.05, 3.63) is 47.2 Å². The van der Waals surface area contributed by atoms with Crippen molar-refractivity contribution in [2.24, 2.45) is 7.05 Å². The molecule has 0 aromatic carbocycles. The molecule has 0 bridgehead atoms. The molecule has 0 aliphatic rings. The predicted octanol–water partition coefficient (Wildman–Crippen LogP) is 2.16. The molecular weight excluding hydrogens is 216 g/mol. The van der Waals surface area contributed by atoms with Crippen molar-refractivity contribution >= 4 is 5.91 Å². The van der Waals surface area contributed by atoms with Crippen LogP contribution in [0.25, 0.3) is 0 Å². The van der Waals surface area contributed by atoms with E-state index in [2.05, 4.69) is 5.32 Å². The number of rotatable bonds is 3. The van der Waals surface area contributed by atoms with E-state index in [-0.39, 0.29) is 5.91 Å². The summed E-state index contributed by atoms with van der Waals surface area (Å²) in [7, 11) is 1.98. The Labute approximate surface area is 100 Å². The fourth-order valence-corrected chi connectivity index (χ4v) is 1.66. The van der Waals surface area contributed by atoms with E-state index < -0.39 is 0 Å². The smallest absolute Gasteiger partial charge is 0.287 e. The van der Waals surface area contributed by atoms with Gasteiger partial charge in [0.25, 0.3) is 5.91 Å². The summed E-state index contributed by atoms with van der Waals surface area (Å²) in [6, 6.07) is 7.49. The standard InChI is InChI=1S/C13H16N2O2/c1-9-4-6-11(15(9)3)8-14-13(16)12-7-5-10(2)17-12/h4-7H,8H2,1-3H3,(H,14,16). The number of nitrogens with zero attached hydrogens (tertiary/aromatic N) is 1. The van der Waals surface area contributed by atoms with Crippen LogP contribution in [0, 0.1) is 13.8 Å². The Morgan fingerprint density at radius 1 is 1.29 bits per heavy atom. The van der Waals surface area contributed by atoms with E-state index in [1.54, 1.807) is 12.1 Å². The lowest BCUT2D eigenvalue weighted by molar-refractivity contribution is 0.0921. The number of amides is 1. The molecule has 0 radical (unpaired) electrons. The highest BCUT2D eigenvalue weighted by atomic mass is 16.3. The van der Waals surface area contributed by atoms with E-state index in [9.17, 15) is 4.79 Å². The highest BCUT2D eigenvalue weighted by Crippen LogP contribution is 2.08. The summed E-state index contributed by atoms with van der Waals surface area (Å²) in [6.07, 6.45) is 0. The average molecular weight is 232 g/mol. The lowest BCUT2D eigenvalue weighted by atomic mass is 10.4. The van der Waals surface area contributed by atoms with Crippen LogP contribution in [0.5, 0.6) is 0 Å². The first kappa shape index (κ1) is 11.5. The van der Waals surface area contributed by atoms with Crippen molar-refractivity contribution in [3.8, 4) is 0 Å². The zero-order valence-electron chi connectivity index (χ0n) is 10.3. The number of hydrogen-bond donors (Lipinski definition) is 1. The Kier molecular flexibility index (Phi) is 3.04. The third kappa shape index (κ3) is 2.41. The molecule has 0 spiro atoms. The number of carbonyl (C=O) groups excluding carboxylic acids is 1. The molecular formula is C13H16N2O2. The van der Waals surface area contributed by atoms with Crippen molar-refractivity contribution in [2.45, 2.75) is 20.4 Å². The van der Waals surface area contributed by atoms with Crippen molar-refractivity contribution < 1.29 is 9.21 Å². The summed E-state index contributed by atoms with van der Waals surface area (Å²) in [5, 5.41) is 2.83. The van der Waals surface area contributed by atoms with E-state index in [0.29, 0.717) is 12.3 Å². The highest BCUT2D eigenvalue weighted by molar-refractivity contribution is 5.91. The molecule has 0 fully saturated rings. The predicted molar refractivity (Wildman–Crippen MR) is 64.8 cm³/mol. The van der Waals surface area contributed by atoms with Crippen molar-refractivity contribution in [3.63, 3.8) is 0 Å². The van der Waals surface area contributed by atoms with Gasteiger partial charge in [-0.3, -0.25) is 4.79 Å². The number of hydrogen-bond acceptors (Lipinski definition) is 2. The molecule has 1 amide bonds. The molecule has 0 saturated heterocycles. The Hall–Kier alpha value is -1.97. The van der Waals surface area contributed by atoms with E-state index in [1.165, 1.54) is 5.69 Å². The molecule has 0 aliphatic carbocycles. The minimum absolute atomic E-state index is 0.183. The van der Waals surface area contributed by atoms with Crippen LogP contribution < -0.4 is 5.32 Å². The molecule has 2 aromatic rings. The zero-order valence-corrected chi connectivity index (χ0v) is 10.3. The van der Waals surface area contributed by atoms with E-state index in [1.807, 2.05) is 37.6 Å². The molecule has 1 N–H and O–H groups in total. The van der Waals surface area contributed by atoms with Crippen molar-refractivity contribution in [1.29, 1.82) is 0 Å². The molecule has 4 nitrogen and oxygen atoms in total. The minimum Gasteiger partial charge on any atom is -0.456 e. The largest absolute Gasteiger partial charge is 0.456 e. The van der Waals surface area contributed by atoms with Crippen LogP contribution in [0.4, 0.5) is 0 Å². The van der Waals surface area contributed by atoms with Gasteiger partial charge in [0.15, 0.2) is 5.76 Å². The normalized spacial score (nSPS) is 10.5. The summed E-state index contributed by atoms with van der Waals surface area (Å²) in [4.78, 5) is 11.7. The van der Waals surface area contributed by atoms with Crippen LogP contribution >= 0.6 is 0 Å². The lowest BCUT2D eigenvalue weighted by Gasteiger charge is -2.06. The van der Waals surface area contributed by atoms with E-state index in [4.69, 9.17) is 4.42 Å². The van der Waals surface area contributed by atoms with Crippen LogP contribution in [0.2, 0.25) is 0 Å². The molecule has 4 heteroatoms. The van der Waals surface area contributed by atoms with Gasteiger partial charge >= 0.3 is 0 Å². The maximum absolute atomic E-state index is 11.7. The fraction of sp³-hybridized carbons (Fsp3) is 0.308. The first-order valence-corrected chi connectivity index (χ1v) is 5.54. The fourth-order valence-electron chi connectivity index (χ4n) is 1.66. The Morgan fingerprint density at radius 3 is 2.59 bits per heavy atom. The van der Waals surface area contributed by atoms with Gasteiger partial charge in [-0.1, -0.05) is 0 Å². The van der Waals surface area contributed by atoms with Crippen LogP contribution in [0.1, 0.15) is 27.7 Å². The summed E-state index contributed by atoms with van der Waals surface area (Å²) in [6.45, 7) is 4.35. The molecule has 2 heterocycles. The number of carbonyl (C=O) groups is 1. The molecule has 0 atom stereocenters. The van der Waals surface area contributed by atoms with Gasteiger partial charge in [0.05, 0.1) is 6.54 Å². The lowest BCUT2D eigenvalue weighted by Crippen LogP contribution is -2.23. The van der Waals surface area contributed by atoms with Gasteiger partial charge in [-0.05, 0) is 38.1 Å². The first-order chi connectivity index (χ1) is 8.08. The molecule has 0 saturated carbocycles. The highest BCUT2D eigenvalue weighted by Gasteiger charge is 2.10. The average Bonchev–Trinajstić information content (AvgIpc) is 2.86. The van der Waals surface area contributed by atoms with Crippen LogP contribution in [-0.2, 0) is 13.6 Å². The SMILES string of the molecule is Cc1ccc(C(=O)NCc2ccc(C)n2C)o1. The van der Waals surface area contributed by atoms with Gasteiger partial charge in [0.1, 0.15) is 5.76 Å². The molecule has 90 valence electrons. The van der Waals surface area contributed by atoms with Gasteiger partial charge in [0.2, 0.25) is 0 Å². The summed E-state index contributed by atoms with van der Waals surface area (Å²) in [5.41, 5.74) is 2.24. The van der Waals surface area contributed by atoms with E-state index >= 15 is 0 Å².